The van der Waals surface area contributed by atoms with Crippen molar-refractivity contribution in [3.63, 3.8) is 0 Å². The predicted molar refractivity (Wildman–Crippen MR) is 76.4 cm³/mol. The van der Waals surface area contributed by atoms with Crippen LogP contribution in [-0.4, -0.2) is 37.3 Å². The summed E-state index contributed by atoms with van der Waals surface area (Å²) in [6.07, 6.45) is -0.288. The molecule has 0 aliphatic heterocycles. The molecule has 120 valence electrons. The monoisotopic (exact) mass is 311 g/mol. The second-order valence-corrected chi connectivity index (χ2v) is 6.15. The third-order valence-corrected chi connectivity index (χ3v) is 2.07. The summed E-state index contributed by atoms with van der Waals surface area (Å²) in [7, 11) is -4.17. The summed E-state index contributed by atoms with van der Waals surface area (Å²) in [4.78, 5) is 11.1. The number of nitrogens with one attached hydrogen (secondary N) is 1. The minimum Gasteiger partial charge on any atom is -0.444 e. The molecule has 0 aliphatic carbocycles. The van der Waals surface area contributed by atoms with Gasteiger partial charge in [-0.3, -0.25) is 9.87 Å². The second kappa shape index (κ2) is 9.06. The maximum Gasteiger partial charge on any atom is 0.397 e. The van der Waals surface area contributed by atoms with Gasteiger partial charge >= 0.3 is 16.4 Å². The molecule has 0 radical (unpaired) electrons. The minimum absolute atomic E-state index is 0.0289. The van der Waals surface area contributed by atoms with Gasteiger partial charge in [-0.1, -0.05) is 6.58 Å². The molecule has 1 unspecified atom stereocenters. The molecule has 0 aromatic heterocycles. The van der Waals surface area contributed by atoms with Gasteiger partial charge in [0.05, 0.1) is 6.61 Å². The zero-order valence-electron chi connectivity index (χ0n) is 12.9. The molecule has 1 atom stereocenters. The second-order valence-electron chi connectivity index (χ2n) is 5.06. The van der Waals surface area contributed by atoms with Gasteiger partial charge in [-0.2, -0.15) is 8.42 Å². The smallest absolute Gasteiger partial charge is 0.397 e. The normalized spacial score (nSPS) is 12.9. The highest BCUT2D eigenvalue weighted by atomic mass is 32.3. The molecule has 0 amide bonds. The average Bonchev–Trinajstić information content (AvgIpc) is 2.12. The van der Waals surface area contributed by atoms with Crippen LogP contribution in [-0.2, 0) is 24.1 Å². The number of carbonyl (C=O) groups is 1. The quantitative estimate of drug-likeness (QED) is 0.344. The van der Waals surface area contributed by atoms with E-state index >= 15 is 0 Å². The lowest BCUT2D eigenvalue weighted by Gasteiger charge is -2.25. The van der Waals surface area contributed by atoms with Crippen LogP contribution < -0.4 is 5.32 Å². The molecule has 0 bridgehead atoms. The Kier molecular flexibility index (Phi) is 9.67. The number of carbonyl (C=O) groups excluding carboxylic acids is 1. The van der Waals surface area contributed by atoms with E-state index in [0.717, 1.165) is 0 Å². The fraction of sp³-hybridized carbons (Fsp3) is 0.750. The standard InChI is InChI=1S/C10H19NO2.C2H6O4S/c1-7(2)9(12)13-8(3)11-10(4,5)6;1-2-6-7(3,4)5/h8,11H,1H2,2-6H3;2H2,1H3,(H,3,4,5). The van der Waals surface area contributed by atoms with E-state index < -0.39 is 10.4 Å². The van der Waals surface area contributed by atoms with Crippen LogP contribution in [0.3, 0.4) is 0 Å². The van der Waals surface area contributed by atoms with E-state index in [4.69, 9.17) is 9.29 Å². The van der Waals surface area contributed by atoms with Crippen molar-refractivity contribution in [2.75, 3.05) is 6.61 Å². The summed E-state index contributed by atoms with van der Waals surface area (Å²) >= 11 is 0. The largest absolute Gasteiger partial charge is 0.444 e. The molecule has 0 spiro atoms. The molecule has 2 N–H and O–H groups in total. The third kappa shape index (κ3) is 17.0. The van der Waals surface area contributed by atoms with Gasteiger partial charge in [0.1, 0.15) is 0 Å². The van der Waals surface area contributed by atoms with E-state index in [-0.39, 0.29) is 24.3 Å². The zero-order chi connectivity index (χ0) is 16.6. The van der Waals surface area contributed by atoms with Crippen LogP contribution in [0.15, 0.2) is 12.2 Å². The molecule has 0 saturated carbocycles. The number of esters is 1. The van der Waals surface area contributed by atoms with Crippen LogP contribution in [0.4, 0.5) is 0 Å². The fourth-order valence-electron chi connectivity index (χ4n) is 1.05. The Morgan fingerprint density at radius 1 is 1.40 bits per heavy atom. The van der Waals surface area contributed by atoms with Crippen LogP contribution in [0, 0.1) is 0 Å². The minimum atomic E-state index is -4.17. The van der Waals surface area contributed by atoms with E-state index in [2.05, 4.69) is 16.1 Å². The predicted octanol–water partition coefficient (Wildman–Crippen LogP) is 1.67. The Balaban J connectivity index is 0. The highest BCUT2D eigenvalue weighted by Crippen LogP contribution is 2.03. The molecule has 7 nitrogen and oxygen atoms in total. The van der Waals surface area contributed by atoms with E-state index in [0.29, 0.717) is 5.57 Å². The van der Waals surface area contributed by atoms with Crippen LogP contribution in [0.25, 0.3) is 0 Å². The van der Waals surface area contributed by atoms with Crippen LogP contribution in [0.2, 0.25) is 0 Å². The van der Waals surface area contributed by atoms with Gasteiger partial charge in [0.2, 0.25) is 0 Å². The Bertz CT molecular complexity index is 410. The van der Waals surface area contributed by atoms with Crippen LogP contribution >= 0.6 is 0 Å². The van der Waals surface area contributed by atoms with Crippen molar-refractivity contribution in [3.8, 4) is 0 Å². The lowest BCUT2D eigenvalue weighted by Crippen LogP contribution is -2.44. The van der Waals surface area contributed by atoms with E-state index in [1.54, 1.807) is 13.8 Å². The summed E-state index contributed by atoms with van der Waals surface area (Å²) in [6.45, 7) is 14.4. The summed E-state index contributed by atoms with van der Waals surface area (Å²) in [5, 5.41) is 3.12. The average molecular weight is 311 g/mol. The highest BCUT2D eigenvalue weighted by Gasteiger charge is 2.16. The van der Waals surface area contributed by atoms with Crippen molar-refractivity contribution >= 4 is 16.4 Å². The Hall–Kier alpha value is -0.960. The zero-order valence-corrected chi connectivity index (χ0v) is 13.7. The van der Waals surface area contributed by atoms with Crippen molar-refractivity contribution in [1.29, 1.82) is 0 Å². The Labute approximate surface area is 121 Å². The number of hydrogen-bond acceptors (Lipinski definition) is 6. The van der Waals surface area contributed by atoms with Crippen molar-refractivity contribution in [2.45, 2.75) is 53.3 Å². The van der Waals surface area contributed by atoms with Gasteiger partial charge in [-0.15, -0.1) is 0 Å². The molecule has 20 heavy (non-hydrogen) atoms. The lowest BCUT2D eigenvalue weighted by molar-refractivity contribution is -0.145. The van der Waals surface area contributed by atoms with Crippen molar-refractivity contribution < 1.29 is 26.7 Å². The molecular weight excluding hydrogens is 286 g/mol. The molecule has 0 rings (SSSR count). The Morgan fingerprint density at radius 3 is 2.05 bits per heavy atom. The van der Waals surface area contributed by atoms with E-state index in [1.807, 2.05) is 20.8 Å². The molecule has 0 aromatic carbocycles. The molecule has 0 saturated heterocycles. The summed E-state index contributed by atoms with van der Waals surface area (Å²) < 4.78 is 35.7. The van der Waals surface area contributed by atoms with Crippen molar-refractivity contribution in [2.24, 2.45) is 0 Å². The first kappa shape index (κ1) is 21.3. The summed E-state index contributed by atoms with van der Waals surface area (Å²) in [6, 6.07) is 0. The SMILES string of the molecule is C=C(C)C(=O)OC(C)NC(C)(C)C.CCOS(=O)(=O)O. The van der Waals surface area contributed by atoms with Gasteiger partial charge in [0.15, 0.2) is 6.23 Å². The van der Waals surface area contributed by atoms with Crippen LogP contribution in [0.5, 0.6) is 0 Å². The van der Waals surface area contributed by atoms with Gasteiger partial charge in [-0.05, 0) is 41.5 Å². The van der Waals surface area contributed by atoms with Gasteiger partial charge in [0.25, 0.3) is 0 Å². The van der Waals surface area contributed by atoms with Gasteiger partial charge in [-0.25, -0.2) is 8.98 Å². The molecule has 0 aliphatic rings. The highest BCUT2D eigenvalue weighted by molar-refractivity contribution is 7.80. The number of ether oxygens (including phenoxy) is 1. The first-order valence-electron chi connectivity index (χ1n) is 6.04. The maximum absolute atomic E-state index is 11.1. The topological polar surface area (TPSA) is 102 Å². The first-order chi connectivity index (χ1) is 8.78. The first-order valence-corrected chi connectivity index (χ1v) is 7.41. The third-order valence-electron chi connectivity index (χ3n) is 1.54. The van der Waals surface area contributed by atoms with Gasteiger partial charge < -0.3 is 4.74 Å². The van der Waals surface area contributed by atoms with Crippen molar-refractivity contribution in [3.05, 3.63) is 12.2 Å². The lowest BCUT2D eigenvalue weighted by atomic mass is 10.1. The molecule has 0 aromatic rings. The fourth-order valence-corrected chi connectivity index (χ4v) is 1.35. The summed E-state index contributed by atoms with van der Waals surface area (Å²) in [5.74, 6) is -0.357. The molecule has 0 fully saturated rings. The molecular formula is C12H25NO6S. The van der Waals surface area contributed by atoms with Crippen LogP contribution in [0.1, 0.15) is 41.5 Å². The van der Waals surface area contributed by atoms with Crippen molar-refractivity contribution in [1.82, 2.24) is 5.32 Å². The molecule has 8 heteroatoms. The number of rotatable bonds is 5. The van der Waals surface area contributed by atoms with E-state index in [1.165, 1.54) is 6.92 Å². The van der Waals surface area contributed by atoms with Gasteiger partial charge in [0, 0.05) is 11.1 Å². The summed E-state index contributed by atoms with van der Waals surface area (Å²) in [5.41, 5.74) is 0.358. The number of hydrogen-bond donors (Lipinski definition) is 2. The molecule has 0 heterocycles. The maximum atomic E-state index is 11.1. The van der Waals surface area contributed by atoms with E-state index in [9.17, 15) is 13.2 Å². The Morgan fingerprint density at radius 2 is 1.85 bits per heavy atom.